The molecular weight excluding hydrogens is 329 g/mol. The summed E-state index contributed by atoms with van der Waals surface area (Å²) in [6, 6.07) is 13.3. The molecule has 0 amide bonds. The van der Waals surface area contributed by atoms with Crippen molar-refractivity contribution in [1.29, 1.82) is 0 Å². The molecule has 0 spiro atoms. The van der Waals surface area contributed by atoms with E-state index in [4.69, 9.17) is 0 Å². The topological polar surface area (TPSA) is 59.0 Å². The first kappa shape index (κ1) is 16.8. The van der Waals surface area contributed by atoms with E-state index in [1.54, 1.807) is 36.4 Å². The monoisotopic (exact) mass is 349 g/mol. The van der Waals surface area contributed by atoms with Crippen molar-refractivity contribution in [3.8, 4) is 0 Å². The minimum Gasteiger partial charge on any atom is -0.316 e. The van der Waals surface area contributed by atoms with Crippen molar-refractivity contribution in [3.05, 3.63) is 66.5 Å². The summed E-state index contributed by atoms with van der Waals surface area (Å²) in [5.74, 6) is -0.500. The van der Waals surface area contributed by atoms with Crippen LogP contribution in [0.4, 0.5) is 21.5 Å². The maximum absolute atomic E-state index is 14.3. The van der Waals surface area contributed by atoms with Crippen molar-refractivity contribution in [1.82, 2.24) is 5.32 Å². The summed E-state index contributed by atoms with van der Waals surface area (Å²) in [5.41, 5.74) is 1.38. The highest BCUT2D eigenvalue weighted by Crippen LogP contribution is 2.64. The molecule has 0 fully saturated rings. The van der Waals surface area contributed by atoms with Gasteiger partial charge in [0.1, 0.15) is 11.5 Å². The molecule has 0 radical (unpaired) electrons. The van der Waals surface area contributed by atoms with Crippen LogP contribution in [0.1, 0.15) is 0 Å². The molecule has 1 heterocycles. The summed E-state index contributed by atoms with van der Waals surface area (Å²) < 4.78 is 38.7. The molecule has 2 aromatic carbocycles. The maximum Gasteiger partial charge on any atom is 0.148 e. The lowest BCUT2D eigenvalue weighted by atomic mass is 10.2. The van der Waals surface area contributed by atoms with Gasteiger partial charge in [0, 0.05) is 6.54 Å². The molecule has 0 unspecified atom stereocenters. The van der Waals surface area contributed by atoms with Gasteiger partial charge in [0.2, 0.25) is 0 Å². The SMILES string of the molecule is CNC/C=C/CN1c2ccccc2N(c2ccccc2F)S1(O)O. The number of nitrogens with one attached hydrogen (secondary N) is 1. The van der Waals surface area contributed by atoms with Gasteiger partial charge >= 0.3 is 0 Å². The Morgan fingerprint density at radius 2 is 1.62 bits per heavy atom. The molecule has 3 rings (SSSR count). The third kappa shape index (κ3) is 2.87. The van der Waals surface area contributed by atoms with Gasteiger partial charge in [-0.3, -0.25) is 9.11 Å². The first-order chi connectivity index (χ1) is 11.6. The fourth-order valence-corrected chi connectivity index (χ4v) is 4.39. The van der Waals surface area contributed by atoms with Crippen LogP contribution in [0.3, 0.4) is 0 Å². The molecule has 24 heavy (non-hydrogen) atoms. The zero-order valence-electron chi connectivity index (χ0n) is 13.3. The molecule has 1 aliphatic heterocycles. The number of likely N-dealkylation sites (N-methyl/N-ethyl adjacent to an activating group) is 1. The predicted molar refractivity (Wildman–Crippen MR) is 98.2 cm³/mol. The van der Waals surface area contributed by atoms with Gasteiger partial charge in [-0.2, -0.15) is 0 Å². The van der Waals surface area contributed by atoms with Crippen LogP contribution in [0.15, 0.2) is 60.7 Å². The number of nitrogens with zero attached hydrogens (tertiary/aromatic N) is 2. The molecule has 2 aromatic rings. The smallest absolute Gasteiger partial charge is 0.148 e. The molecular formula is C17H20FN3O2S. The third-order valence-corrected chi connectivity index (χ3v) is 5.56. The second kappa shape index (κ2) is 6.82. The fourth-order valence-electron chi connectivity index (χ4n) is 2.66. The van der Waals surface area contributed by atoms with Crippen molar-refractivity contribution < 1.29 is 13.5 Å². The number of para-hydroxylation sites is 3. The second-order valence-corrected chi connectivity index (χ2v) is 7.10. The van der Waals surface area contributed by atoms with E-state index in [-0.39, 0.29) is 5.69 Å². The molecule has 0 saturated heterocycles. The Hall–Kier alpha value is -2.06. The van der Waals surface area contributed by atoms with E-state index in [0.717, 1.165) is 0 Å². The molecule has 1 aliphatic rings. The van der Waals surface area contributed by atoms with Crippen molar-refractivity contribution in [2.75, 3.05) is 28.7 Å². The highest BCUT2D eigenvalue weighted by molar-refractivity contribution is 8.27. The van der Waals surface area contributed by atoms with Crippen LogP contribution in [-0.4, -0.2) is 29.2 Å². The van der Waals surface area contributed by atoms with Crippen LogP contribution in [-0.2, 0) is 0 Å². The molecule has 0 aromatic heterocycles. The number of halogens is 1. The van der Waals surface area contributed by atoms with Crippen LogP contribution in [0.25, 0.3) is 0 Å². The minimum absolute atomic E-state index is 0.145. The molecule has 3 N–H and O–H groups in total. The summed E-state index contributed by atoms with van der Waals surface area (Å²) in [6.07, 6.45) is 3.76. The largest absolute Gasteiger partial charge is 0.316 e. The van der Waals surface area contributed by atoms with Crippen LogP contribution in [0.2, 0.25) is 0 Å². The Bertz CT molecular complexity index is 754. The average molecular weight is 349 g/mol. The number of benzene rings is 2. The van der Waals surface area contributed by atoms with Gasteiger partial charge in [0.05, 0.1) is 17.9 Å². The Kier molecular flexibility index (Phi) is 4.77. The zero-order chi connectivity index (χ0) is 17.2. The Morgan fingerprint density at radius 1 is 1.00 bits per heavy atom. The fraction of sp³-hybridized carbons (Fsp3) is 0.176. The van der Waals surface area contributed by atoms with Crippen LogP contribution in [0.5, 0.6) is 0 Å². The summed E-state index contributed by atoms with van der Waals surface area (Å²) in [6.45, 7) is 0.998. The lowest BCUT2D eigenvalue weighted by Gasteiger charge is -2.43. The first-order valence-electron chi connectivity index (χ1n) is 7.56. The van der Waals surface area contributed by atoms with Gasteiger partial charge in [-0.1, -0.05) is 36.4 Å². The highest BCUT2D eigenvalue weighted by atomic mass is 32.3. The van der Waals surface area contributed by atoms with E-state index in [1.165, 1.54) is 14.7 Å². The van der Waals surface area contributed by atoms with Crippen molar-refractivity contribution in [2.45, 2.75) is 0 Å². The number of fused-ring (bicyclic) bond motifs is 1. The van der Waals surface area contributed by atoms with Gasteiger partial charge < -0.3 is 5.32 Å². The first-order valence-corrected chi connectivity index (χ1v) is 9.03. The van der Waals surface area contributed by atoms with Gasteiger partial charge in [0.15, 0.2) is 0 Å². The molecule has 0 saturated carbocycles. The van der Waals surface area contributed by atoms with E-state index < -0.39 is 16.8 Å². The quantitative estimate of drug-likeness (QED) is 0.708. The molecule has 0 atom stereocenters. The van der Waals surface area contributed by atoms with Gasteiger partial charge in [-0.15, -0.1) is 0 Å². The van der Waals surface area contributed by atoms with E-state index in [1.807, 2.05) is 25.3 Å². The minimum atomic E-state index is -3.39. The lowest BCUT2D eigenvalue weighted by Crippen LogP contribution is -2.31. The number of hydrogen-bond donors (Lipinski definition) is 3. The Morgan fingerprint density at radius 3 is 2.29 bits per heavy atom. The number of rotatable bonds is 5. The molecule has 128 valence electrons. The molecule has 7 heteroatoms. The summed E-state index contributed by atoms with van der Waals surface area (Å²) >= 11 is 0. The van der Waals surface area contributed by atoms with E-state index in [2.05, 4.69) is 5.32 Å². The van der Waals surface area contributed by atoms with Crippen molar-refractivity contribution in [2.24, 2.45) is 0 Å². The van der Waals surface area contributed by atoms with Gasteiger partial charge in [0.25, 0.3) is 0 Å². The van der Waals surface area contributed by atoms with Gasteiger partial charge in [-0.25, -0.2) is 13.0 Å². The van der Waals surface area contributed by atoms with Crippen LogP contribution < -0.4 is 13.9 Å². The zero-order valence-corrected chi connectivity index (χ0v) is 14.1. The summed E-state index contributed by atoms with van der Waals surface area (Å²) in [7, 11) is -1.56. The lowest BCUT2D eigenvalue weighted by molar-refractivity contribution is 0.485. The Labute approximate surface area is 142 Å². The average Bonchev–Trinajstić information content (AvgIpc) is 2.79. The molecule has 0 aliphatic carbocycles. The number of anilines is 3. The van der Waals surface area contributed by atoms with Crippen LogP contribution >= 0.6 is 11.0 Å². The molecule has 5 nitrogen and oxygen atoms in total. The highest BCUT2D eigenvalue weighted by Gasteiger charge is 2.41. The summed E-state index contributed by atoms with van der Waals surface area (Å²) in [5, 5.41) is 2.99. The van der Waals surface area contributed by atoms with E-state index >= 15 is 0 Å². The van der Waals surface area contributed by atoms with Crippen molar-refractivity contribution >= 4 is 28.0 Å². The Balaban J connectivity index is 2.03. The van der Waals surface area contributed by atoms with E-state index in [9.17, 15) is 13.5 Å². The van der Waals surface area contributed by atoms with Crippen molar-refractivity contribution in [3.63, 3.8) is 0 Å². The standard InChI is InChI=1S/C17H20FN3O2S/c1-19-12-6-7-13-20-16-10-4-5-11-17(16)21(24(20,22)23)15-9-3-2-8-14(15)18/h2-11,19,22-23H,12-13H2,1H3/b7-6+. The second-order valence-electron chi connectivity index (χ2n) is 5.31. The van der Waals surface area contributed by atoms with E-state index in [0.29, 0.717) is 24.5 Å². The summed E-state index contributed by atoms with van der Waals surface area (Å²) in [4.78, 5) is 0. The normalized spacial score (nSPS) is 17.3. The molecule has 0 bridgehead atoms. The maximum atomic E-state index is 14.3. The third-order valence-electron chi connectivity index (χ3n) is 3.74. The van der Waals surface area contributed by atoms with Crippen LogP contribution in [0, 0.1) is 5.82 Å². The number of hydrogen-bond acceptors (Lipinski definition) is 5. The van der Waals surface area contributed by atoms with Gasteiger partial charge in [-0.05, 0) is 42.3 Å². The predicted octanol–water partition coefficient (Wildman–Crippen LogP) is 4.14.